The van der Waals surface area contributed by atoms with Crippen LogP contribution in [0.5, 0.6) is 5.75 Å². The molecule has 1 aliphatic carbocycles. The Hall–Kier alpha value is -1.97. The molecule has 3 aromatic rings. The lowest BCUT2D eigenvalue weighted by Gasteiger charge is -2.13. The van der Waals surface area contributed by atoms with Crippen LogP contribution in [0.15, 0.2) is 40.9 Å². The van der Waals surface area contributed by atoms with Crippen molar-refractivity contribution in [1.29, 1.82) is 0 Å². The van der Waals surface area contributed by atoms with Crippen molar-refractivity contribution in [3.05, 3.63) is 51.1 Å². The first-order valence-corrected chi connectivity index (χ1v) is 10.9. The first-order chi connectivity index (χ1) is 14.1. The van der Waals surface area contributed by atoms with Crippen molar-refractivity contribution in [2.45, 2.75) is 38.8 Å². The Labute approximate surface area is 183 Å². The summed E-state index contributed by atoms with van der Waals surface area (Å²) in [6.07, 6.45) is 2.09. The largest absolute Gasteiger partial charge is 0.490 e. The lowest BCUT2D eigenvalue weighted by atomic mass is 10.0. The van der Waals surface area contributed by atoms with E-state index in [4.69, 9.17) is 14.4 Å². The molecule has 1 aromatic heterocycles. The molecule has 6 nitrogen and oxygen atoms in total. The zero-order valence-corrected chi connectivity index (χ0v) is 18.6. The lowest BCUT2D eigenvalue weighted by molar-refractivity contribution is 0.240. The number of rotatable bonds is 7. The molecule has 2 N–H and O–H groups in total. The van der Waals surface area contributed by atoms with E-state index in [2.05, 4.69) is 44.1 Å². The number of nitrogens with zero attached hydrogens (tertiary/aromatic N) is 2. The Morgan fingerprint density at radius 1 is 1.31 bits per heavy atom. The first-order valence-electron chi connectivity index (χ1n) is 9.83. The van der Waals surface area contributed by atoms with Gasteiger partial charge in [-0.3, -0.25) is 0 Å². The summed E-state index contributed by atoms with van der Waals surface area (Å²) in [7, 11) is 0. The minimum absolute atomic E-state index is 0.125. The zero-order chi connectivity index (χ0) is 20.4. The molecule has 2 aromatic carbocycles. The van der Waals surface area contributed by atoms with Crippen molar-refractivity contribution >= 4 is 22.6 Å². The summed E-state index contributed by atoms with van der Waals surface area (Å²) < 4.78 is 12.4. The van der Waals surface area contributed by atoms with Gasteiger partial charge in [0, 0.05) is 23.7 Å². The smallest absolute Gasteiger partial charge is 0.258 e. The van der Waals surface area contributed by atoms with Crippen molar-refractivity contribution in [3.8, 4) is 28.6 Å². The standard InChI is InChI=1S/C22H24IN3O3/c1-13(2)28-20-9-6-14(12-18(20)23)22-25-21(26-29-22)17-5-3-4-16-15(17)7-8-19(16)24-10-11-27/h3-6,9,12-13,19,24,27H,7-8,10-11H2,1-2H3/t19-/m0/s1. The molecule has 1 heterocycles. The number of aromatic nitrogens is 2. The molecule has 1 atom stereocenters. The van der Waals surface area contributed by atoms with Crippen LogP contribution >= 0.6 is 22.6 Å². The third-order valence-corrected chi connectivity index (χ3v) is 5.82. The molecule has 0 spiro atoms. The van der Waals surface area contributed by atoms with E-state index in [-0.39, 0.29) is 18.8 Å². The van der Waals surface area contributed by atoms with Gasteiger partial charge in [0.1, 0.15) is 5.75 Å². The highest BCUT2D eigenvalue weighted by molar-refractivity contribution is 14.1. The average molecular weight is 505 g/mol. The van der Waals surface area contributed by atoms with Crippen LogP contribution in [-0.4, -0.2) is 34.5 Å². The van der Waals surface area contributed by atoms with E-state index in [9.17, 15) is 0 Å². The monoisotopic (exact) mass is 505 g/mol. The molecule has 0 bridgehead atoms. The summed E-state index contributed by atoms with van der Waals surface area (Å²) in [6, 6.07) is 12.4. The highest BCUT2D eigenvalue weighted by Crippen LogP contribution is 2.37. The van der Waals surface area contributed by atoms with E-state index < -0.39 is 0 Å². The molecule has 0 radical (unpaired) electrons. The van der Waals surface area contributed by atoms with Crippen molar-refractivity contribution in [2.75, 3.05) is 13.2 Å². The maximum atomic E-state index is 9.09. The SMILES string of the molecule is CC(C)Oc1ccc(-c2nc(-c3cccc4c3CC[C@@H]4NCCO)no2)cc1I. The van der Waals surface area contributed by atoms with Gasteiger partial charge >= 0.3 is 0 Å². The van der Waals surface area contributed by atoms with Crippen LogP contribution in [-0.2, 0) is 6.42 Å². The van der Waals surface area contributed by atoms with Crippen molar-refractivity contribution < 1.29 is 14.4 Å². The molecule has 0 unspecified atom stereocenters. The van der Waals surface area contributed by atoms with E-state index in [1.54, 1.807) is 0 Å². The third-order valence-electron chi connectivity index (χ3n) is 4.98. The Kier molecular flexibility index (Phi) is 6.17. The molecular formula is C22H24IN3O3. The van der Waals surface area contributed by atoms with Crippen LogP contribution < -0.4 is 10.1 Å². The summed E-state index contributed by atoms with van der Waals surface area (Å²) in [5.41, 5.74) is 4.40. The molecule has 4 rings (SSSR count). The second-order valence-electron chi connectivity index (χ2n) is 7.38. The number of nitrogens with one attached hydrogen (secondary N) is 1. The molecule has 152 valence electrons. The number of fused-ring (bicyclic) bond motifs is 1. The van der Waals surface area contributed by atoms with Crippen LogP contribution in [0.3, 0.4) is 0 Å². The summed E-state index contributed by atoms with van der Waals surface area (Å²) in [5, 5.41) is 16.7. The molecule has 0 saturated carbocycles. The number of halogens is 1. The molecule has 0 aliphatic heterocycles. The van der Waals surface area contributed by atoms with Gasteiger partial charge in [0.2, 0.25) is 5.82 Å². The molecule has 0 fully saturated rings. The van der Waals surface area contributed by atoms with E-state index >= 15 is 0 Å². The Morgan fingerprint density at radius 2 is 2.17 bits per heavy atom. The maximum absolute atomic E-state index is 9.09. The van der Waals surface area contributed by atoms with Crippen molar-refractivity contribution in [1.82, 2.24) is 15.5 Å². The molecule has 7 heteroatoms. The molecule has 1 aliphatic rings. The Morgan fingerprint density at radius 3 is 2.93 bits per heavy atom. The maximum Gasteiger partial charge on any atom is 0.258 e. The van der Waals surface area contributed by atoms with Gasteiger partial charge < -0.3 is 19.7 Å². The van der Waals surface area contributed by atoms with Gasteiger partial charge in [0.25, 0.3) is 5.89 Å². The van der Waals surface area contributed by atoms with E-state index in [1.165, 1.54) is 11.1 Å². The van der Waals surface area contributed by atoms with Gasteiger partial charge in [0.05, 0.1) is 16.3 Å². The molecule has 29 heavy (non-hydrogen) atoms. The van der Waals surface area contributed by atoms with Gasteiger partial charge in [0.15, 0.2) is 0 Å². The molecule has 0 saturated heterocycles. The number of ether oxygens (including phenoxy) is 1. The number of aliphatic hydroxyl groups is 1. The number of hydrogen-bond donors (Lipinski definition) is 2. The normalized spacial score (nSPS) is 15.7. The van der Waals surface area contributed by atoms with Crippen LogP contribution in [0.4, 0.5) is 0 Å². The Balaban J connectivity index is 1.61. The predicted octanol–water partition coefficient (Wildman–Crippen LogP) is 4.36. The third kappa shape index (κ3) is 4.31. The van der Waals surface area contributed by atoms with Gasteiger partial charge in [-0.1, -0.05) is 23.4 Å². The van der Waals surface area contributed by atoms with Crippen LogP contribution in [0.25, 0.3) is 22.8 Å². The minimum atomic E-state index is 0.125. The van der Waals surface area contributed by atoms with Crippen molar-refractivity contribution in [3.63, 3.8) is 0 Å². The van der Waals surface area contributed by atoms with Crippen molar-refractivity contribution in [2.24, 2.45) is 0 Å². The summed E-state index contributed by atoms with van der Waals surface area (Å²) in [4.78, 5) is 4.66. The highest BCUT2D eigenvalue weighted by Gasteiger charge is 2.26. The topological polar surface area (TPSA) is 80.4 Å². The second-order valence-corrected chi connectivity index (χ2v) is 8.54. The fourth-order valence-corrected chi connectivity index (χ4v) is 4.39. The zero-order valence-electron chi connectivity index (χ0n) is 16.5. The summed E-state index contributed by atoms with van der Waals surface area (Å²) >= 11 is 2.26. The van der Waals surface area contributed by atoms with Gasteiger partial charge in [-0.2, -0.15) is 4.98 Å². The van der Waals surface area contributed by atoms with Gasteiger partial charge in [-0.25, -0.2) is 0 Å². The summed E-state index contributed by atoms with van der Waals surface area (Å²) in [5.74, 6) is 1.96. The second kappa shape index (κ2) is 8.81. The van der Waals surface area contributed by atoms with Gasteiger partial charge in [-0.15, -0.1) is 0 Å². The van der Waals surface area contributed by atoms with E-state index in [1.807, 2.05) is 44.2 Å². The number of aliphatic hydroxyl groups excluding tert-OH is 1. The summed E-state index contributed by atoms with van der Waals surface area (Å²) in [6.45, 7) is 4.75. The highest BCUT2D eigenvalue weighted by atomic mass is 127. The minimum Gasteiger partial charge on any atom is -0.490 e. The fourth-order valence-electron chi connectivity index (χ4n) is 3.75. The lowest BCUT2D eigenvalue weighted by Crippen LogP contribution is -2.22. The number of hydrogen-bond acceptors (Lipinski definition) is 6. The predicted molar refractivity (Wildman–Crippen MR) is 120 cm³/mol. The fraction of sp³-hybridized carbons (Fsp3) is 0.364. The first kappa shape index (κ1) is 20.3. The Bertz CT molecular complexity index is 1000. The van der Waals surface area contributed by atoms with E-state index in [0.29, 0.717) is 18.3 Å². The van der Waals surface area contributed by atoms with Crippen LogP contribution in [0, 0.1) is 3.57 Å². The van der Waals surface area contributed by atoms with Crippen LogP contribution in [0.1, 0.15) is 37.4 Å². The molecule has 0 amide bonds. The number of benzene rings is 2. The quantitative estimate of drug-likeness (QED) is 0.465. The average Bonchev–Trinajstić information content (AvgIpc) is 3.35. The van der Waals surface area contributed by atoms with Crippen LogP contribution in [0.2, 0.25) is 0 Å². The van der Waals surface area contributed by atoms with Gasteiger partial charge in [-0.05, 0) is 78.6 Å². The molecular weight excluding hydrogens is 481 g/mol. The van der Waals surface area contributed by atoms with E-state index in [0.717, 1.165) is 33.3 Å².